The van der Waals surface area contributed by atoms with E-state index in [0.29, 0.717) is 30.3 Å². The minimum Gasteiger partial charge on any atom is -0.465 e. The van der Waals surface area contributed by atoms with Crippen LogP contribution in [0.25, 0.3) is 0 Å². The first-order chi connectivity index (χ1) is 9.58. The van der Waals surface area contributed by atoms with Gasteiger partial charge < -0.3 is 14.8 Å². The normalized spacial score (nSPS) is 10.2. The maximum atomic E-state index is 11.7. The lowest BCUT2D eigenvalue weighted by atomic mass is 10.1. The van der Waals surface area contributed by atoms with E-state index in [0.717, 1.165) is 5.56 Å². The van der Waals surface area contributed by atoms with Crippen LogP contribution in [-0.2, 0) is 14.3 Å². The van der Waals surface area contributed by atoms with E-state index in [-0.39, 0.29) is 12.3 Å². The molecule has 0 bridgehead atoms. The average Bonchev–Trinajstić information content (AvgIpc) is 2.45. The minimum atomic E-state index is -0.402. The molecule has 6 heteroatoms. The van der Waals surface area contributed by atoms with Crippen LogP contribution < -0.4 is 5.32 Å². The number of benzene rings is 1. The fraction of sp³-hybridized carbons (Fsp3) is 0.429. The van der Waals surface area contributed by atoms with Gasteiger partial charge in [0, 0.05) is 11.6 Å². The number of carbonyl (C=O) groups excluding carboxylic acids is 2. The number of hydrogen-bond donors (Lipinski definition) is 1. The minimum absolute atomic E-state index is 0.145. The number of amides is 1. The van der Waals surface area contributed by atoms with E-state index < -0.39 is 5.97 Å². The van der Waals surface area contributed by atoms with E-state index in [1.54, 1.807) is 18.2 Å². The van der Waals surface area contributed by atoms with Crippen LogP contribution in [0.1, 0.15) is 22.3 Å². The Balaban J connectivity index is 2.55. The summed E-state index contributed by atoms with van der Waals surface area (Å²) in [5, 5.41) is 2.77. The van der Waals surface area contributed by atoms with E-state index in [1.807, 2.05) is 6.92 Å². The summed E-state index contributed by atoms with van der Waals surface area (Å²) in [6.45, 7) is 2.57. The van der Waals surface area contributed by atoms with Gasteiger partial charge in [0.15, 0.2) is 0 Å². The Labute approximate surface area is 123 Å². The van der Waals surface area contributed by atoms with Gasteiger partial charge in [-0.3, -0.25) is 4.79 Å². The van der Waals surface area contributed by atoms with Gasteiger partial charge in [-0.1, -0.05) is 0 Å². The summed E-state index contributed by atoms with van der Waals surface area (Å²) in [4.78, 5) is 23.1. The zero-order valence-electron chi connectivity index (χ0n) is 11.6. The molecule has 5 nitrogen and oxygen atoms in total. The van der Waals surface area contributed by atoms with E-state index in [9.17, 15) is 9.59 Å². The SMILES string of the molecule is COC(=O)c1ccc(NC(=O)CCOCCCl)c(C)c1. The Kier molecular flexibility index (Phi) is 7.04. The van der Waals surface area contributed by atoms with Crippen molar-refractivity contribution < 1.29 is 19.1 Å². The summed E-state index contributed by atoms with van der Waals surface area (Å²) in [6, 6.07) is 4.96. The van der Waals surface area contributed by atoms with Gasteiger partial charge >= 0.3 is 5.97 Å². The van der Waals surface area contributed by atoms with E-state index in [4.69, 9.17) is 16.3 Å². The number of halogens is 1. The molecule has 0 atom stereocenters. The van der Waals surface area contributed by atoms with Crippen molar-refractivity contribution in [1.82, 2.24) is 0 Å². The predicted octanol–water partition coefficient (Wildman–Crippen LogP) is 2.37. The van der Waals surface area contributed by atoms with Crippen LogP contribution >= 0.6 is 11.6 Å². The zero-order chi connectivity index (χ0) is 15.0. The first-order valence-corrected chi connectivity index (χ1v) is 6.74. The molecular weight excluding hydrogens is 282 g/mol. The number of ether oxygens (including phenoxy) is 2. The van der Waals surface area contributed by atoms with E-state index in [2.05, 4.69) is 10.1 Å². The maximum Gasteiger partial charge on any atom is 0.337 e. The lowest BCUT2D eigenvalue weighted by Gasteiger charge is -2.09. The Morgan fingerprint density at radius 2 is 2.05 bits per heavy atom. The van der Waals surface area contributed by atoms with Gasteiger partial charge in [0.25, 0.3) is 0 Å². The van der Waals surface area contributed by atoms with Gasteiger partial charge in [-0.25, -0.2) is 4.79 Å². The molecule has 0 saturated carbocycles. The van der Waals surface area contributed by atoms with E-state index in [1.165, 1.54) is 7.11 Å². The summed E-state index contributed by atoms with van der Waals surface area (Å²) in [6.07, 6.45) is 0.259. The molecule has 0 saturated heterocycles. The highest BCUT2D eigenvalue weighted by Gasteiger charge is 2.09. The third-order valence-electron chi connectivity index (χ3n) is 2.62. The summed E-state index contributed by atoms with van der Waals surface area (Å²) in [7, 11) is 1.33. The first-order valence-electron chi connectivity index (χ1n) is 6.21. The molecule has 0 fully saturated rings. The number of rotatable bonds is 7. The molecule has 1 N–H and O–H groups in total. The summed E-state index contributed by atoms with van der Waals surface area (Å²) < 4.78 is 9.77. The van der Waals surface area contributed by atoms with E-state index >= 15 is 0 Å². The number of methoxy groups -OCH3 is 1. The summed E-state index contributed by atoms with van der Waals surface area (Å²) >= 11 is 5.46. The quantitative estimate of drug-likeness (QED) is 0.477. The van der Waals surface area contributed by atoms with Crippen LogP contribution in [0, 0.1) is 6.92 Å². The van der Waals surface area contributed by atoms with Gasteiger partial charge in [0.05, 0.1) is 32.3 Å². The third-order valence-corrected chi connectivity index (χ3v) is 2.77. The largest absolute Gasteiger partial charge is 0.465 e. The number of nitrogens with one attached hydrogen (secondary N) is 1. The molecule has 0 spiro atoms. The summed E-state index contributed by atoms with van der Waals surface area (Å²) in [5.41, 5.74) is 1.91. The first kappa shape index (κ1) is 16.5. The number of hydrogen-bond acceptors (Lipinski definition) is 4. The Hall–Kier alpha value is -1.59. The maximum absolute atomic E-state index is 11.7. The zero-order valence-corrected chi connectivity index (χ0v) is 12.3. The van der Waals surface area contributed by atoms with Crippen molar-refractivity contribution >= 4 is 29.2 Å². The molecule has 110 valence electrons. The standard InChI is InChI=1S/C14H18ClNO4/c1-10-9-11(14(18)19-2)3-4-12(10)16-13(17)5-7-20-8-6-15/h3-4,9H,5-8H2,1-2H3,(H,16,17). The lowest BCUT2D eigenvalue weighted by molar-refractivity contribution is -0.117. The van der Waals surface area contributed by atoms with Crippen LogP contribution in [0.3, 0.4) is 0 Å². The van der Waals surface area contributed by atoms with Crippen molar-refractivity contribution in [2.24, 2.45) is 0 Å². The van der Waals surface area contributed by atoms with Crippen molar-refractivity contribution in [2.75, 3.05) is 31.5 Å². The number of alkyl halides is 1. The second kappa shape index (κ2) is 8.55. The van der Waals surface area contributed by atoms with Gasteiger partial charge in [0.1, 0.15) is 0 Å². The Morgan fingerprint density at radius 1 is 1.30 bits per heavy atom. The highest BCUT2D eigenvalue weighted by Crippen LogP contribution is 2.17. The van der Waals surface area contributed by atoms with Gasteiger partial charge in [-0.15, -0.1) is 11.6 Å². The molecule has 20 heavy (non-hydrogen) atoms. The topological polar surface area (TPSA) is 64.6 Å². The molecule has 0 radical (unpaired) electrons. The molecule has 0 aromatic heterocycles. The highest BCUT2D eigenvalue weighted by atomic mass is 35.5. The second-order valence-electron chi connectivity index (χ2n) is 4.12. The van der Waals surface area contributed by atoms with Gasteiger partial charge in [-0.05, 0) is 30.7 Å². The van der Waals surface area contributed by atoms with Crippen LogP contribution in [0.5, 0.6) is 0 Å². The Morgan fingerprint density at radius 3 is 2.65 bits per heavy atom. The van der Waals surface area contributed by atoms with Crippen molar-refractivity contribution in [3.63, 3.8) is 0 Å². The predicted molar refractivity (Wildman–Crippen MR) is 77.3 cm³/mol. The van der Waals surface area contributed by atoms with Gasteiger partial charge in [0.2, 0.25) is 5.91 Å². The number of aryl methyl sites for hydroxylation is 1. The number of anilines is 1. The molecule has 0 unspecified atom stereocenters. The van der Waals surface area contributed by atoms with Crippen LogP contribution in [0.2, 0.25) is 0 Å². The fourth-order valence-electron chi connectivity index (χ4n) is 1.58. The lowest BCUT2D eigenvalue weighted by Crippen LogP contribution is -2.15. The Bertz CT molecular complexity index is 476. The third kappa shape index (κ3) is 5.19. The molecule has 1 rings (SSSR count). The number of esters is 1. The van der Waals surface area contributed by atoms with Crippen molar-refractivity contribution in [1.29, 1.82) is 0 Å². The molecule has 1 aromatic rings. The van der Waals surface area contributed by atoms with Crippen molar-refractivity contribution in [2.45, 2.75) is 13.3 Å². The van der Waals surface area contributed by atoms with Crippen LogP contribution in [-0.4, -0.2) is 38.1 Å². The summed E-state index contributed by atoms with van der Waals surface area (Å²) in [5.74, 6) is -0.135. The molecule has 0 aliphatic carbocycles. The molecule has 0 aliphatic heterocycles. The average molecular weight is 300 g/mol. The monoisotopic (exact) mass is 299 g/mol. The van der Waals surface area contributed by atoms with Crippen molar-refractivity contribution in [3.8, 4) is 0 Å². The molecule has 1 aromatic carbocycles. The van der Waals surface area contributed by atoms with Crippen molar-refractivity contribution in [3.05, 3.63) is 29.3 Å². The molecule has 0 aliphatic rings. The van der Waals surface area contributed by atoms with Crippen LogP contribution in [0.15, 0.2) is 18.2 Å². The number of carbonyl (C=O) groups is 2. The van der Waals surface area contributed by atoms with Gasteiger partial charge in [-0.2, -0.15) is 0 Å². The second-order valence-corrected chi connectivity index (χ2v) is 4.50. The highest BCUT2D eigenvalue weighted by molar-refractivity contribution is 6.17. The molecular formula is C14H18ClNO4. The fourth-order valence-corrected chi connectivity index (χ4v) is 1.69. The molecule has 1 amide bonds. The molecule has 0 heterocycles. The smallest absolute Gasteiger partial charge is 0.337 e. The van der Waals surface area contributed by atoms with Crippen LogP contribution in [0.4, 0.5) is 5.69 Å².